The molecule has 3 aliphatic carbocycles. The first kappa shape index (κ1) is 22.3. The van der Waals surface area contributed by atoms with Crippen molar-refractivity contribution in [3.63, 3.8) is 0 Å². The highest BCUT2D eigenvalue weighted by atomic mass is 16.5. The highest BCUT2D eigenvalue weighted by Gasteiger charge is 2.40. The quantitative estimate of drug-likeness (QED) is 0.650. The molecule has 1 aromatic heterocycles. The molecule has 0 radical (unpaired) electrons. The molecule has 1 saturated carbocycles. The van der Waals surface area contributed by atoms with Crippen molar-refractivity contribution in [1.29, 1.82) is 5.26 Å². The van der Waals surface area contributed by atoms with E-state index < -0.39 is 11.5 Å². The van der Waals surface area contributed by atoms with E-state index in [2.05, 4.69) is 16.4 Å². The van der Waals surface area contributed by atoms with Crippen LogP contribution in [0.3, 0.4) is 0 Å². The van der Waals surface area contributed by atoms with Crippen LogP contribution in [-0.2, 0) is 28.9 Å². The number of fused-ring (bicyclic) bond motifs is 2. The Balaban J connectivity index is 1.31. The topological polar surface area (TPSA) is 92.1 Å². The second kappa shape index (κ2) is 9.06. The van der Waals surface area contributed by atoms with Gasteiger partial charge in [-0.05, 0) is 54.5 Å². The van der Waals surface area contributed by atoms with Crippen molar-refractivity contribution in [2.45, 2.75) is 57.4 Å². The Bertz CT molecular complexity index is 1210. The van der Waals surface area contributed by atoms with Crippen molar-refractivity contribution < 1.29 is 14.3 Å². The van der Waals surface area contributed by atoms with Crippen LogP contribution in [0.2, 0.25) is 0 Å². The van der Waals surface area contributed by atoms with Gasteiger partial charge in [-0.2, -0.15) is 5.26 Å². The molecule has 6 heteroatoms. The van der Waals surface area contributed by atoms with Gasteiger partial charge in [-0.3, -0.25) is 14.6 Å². The van der Waals surface area contributed by atoms with E-state index in [1.54, 1.807) is 13.3 Å². The van der Waals surface area contributed by atoms with Gasteiger partial charge in [-0.25, -0.2) is 0 Å². The fraction of sp³-hybridized carbons (Fsp3) is 0.429. The zero-order valence-corrected chi connectivity index (χ0v) is 19.5. The van der Waals surface area contributed by atoms with E-state index in [1.807, 2.05) is 36.4 Å². The first-order valence-electron chi connectivity index (χ1n) is 12.0. The molecule has 34 heavy (non-hydrogen) atoms. The number of amides is 1. The molecule has 2 atom stereocenters. The van der Waals surface area contributed by atoms with Gasteiger partial charge < -0.3 is 10.1 Å². The maximum Gasteiger partial charge on any atom is 0.248 e. The lowest BCUT2D eigenvalue weighted by atomic mass is 9.70. The summed E-state index contributed by atoms with van der Waals surface area (Å²) in [6.07, 6.45) is 8.96. The number of methoxy groups -OCH3 is 1. The molecule has 0 spiro atoms. The molecule has 0 bridgehead atoms. The van der Waals surface area contributed by atoms with E-state index in [1.165, 1.54) is 0 Å². The fourth-order valence-electron chi connectivity index (χ4n) is 5.25. The summed E-state index contributed by atoms with van der Waals surface area (Å²) in [5.41, 5.74) is 3.92. The van der Waals surface area contributed by atoms with Crippen LogP contribution < -0.4 is 10.1 Å². The number of aromatic nitrogens is 1. The standard InChI is InChI=1S/C28H29N3O3/c1-34-26-6-2-4-20-13-21(14-22(20)26)27(33)31-23(12-18-7-8-18)25(32)16-28(17-29)10-9-19-5-3-11-30-24(19)15-28/h2-6,11,14,18,23H,7-10,12-13,15-16H2,1H3,(H,31,33)/t23-,28+/m0/s1. The van der Waals surface area contributed by atoms with Gasteiger partial charge in [-0.1, -0.05) is 31.0 Å². The van der Waals surface area contributed by atoms with E-state index in [-0.39, 0.29) is 18.1 Å². The van der Waals surface area contributed by atoms with Crippen LogP contribution in [0.15, 0.2) is 42.1 Å². The molecular weight excluding hydrogens is 426 g/mol. The van der Waals surface area contributed by atoms with Crippen molar-refractivity contribution in [3.05, 3.63) is 64.5 Å². The SMILES string of the molecule is COc1cccc2c1C=C(C(=O)N[C@@H](CC1CC1)C(=O)C[C@@]1(C#N)CCc3cccnc3C1)C2. The summed E-state index contributed by atoms with van der Waals surface area (Å²) in [7, 11) is 1.62. The largest absolute Gasteiger partial charge is 0.496 e. The maximum absolute atomic E-state index is 13.5. The average molecular weight is 456 g/mol. The molecule has 1 aromatic carbocycles. The first-order valence-corrected chi connectivity index (χ1v) is 12.0. The Labute approximate surface area is 200 Å². The molecule has 1 N–H and O–H groups in total. The molecular formula is C28H29N3O3. The van der Waals surface area contributed by atoms with Gasteiger partial charge in [0.2, 0.25) is 5.91 Å². The molecule has 3 aliphatic rings. The summed E-state index contributed by atoms with van der Waals surface area (Å²) in [6, 6.07) is 11.6. The minimum Gasteiger partial charge on any atom is -0.496 e. The van der Waals surface area contributed by atoms with Crippen molar-refractivity contribution in [1.82, 2.24) is 10.3 Å². The number of nitrogens with one attached hydrogen (secondary N) is 1. The monoisotopic (exact) mass is 455 g/mol. The van der Waals surface area contributed by atoms with E-state index in [0.717, 1.165) is 47.4 Å². The Kier molecular flexibility index (Phi) is 5.95. The number of aryl methyl sites for hydroxylation is 1. The molecule has 0 unspecified atom stereocenters. The Morgan fingerprint density at radius 1 is 1.26 bits per heavy atom. The minimum absolute atomic E-state index is 0.0464. The number of carbonyl (C=O) groups excluding carboxylic acids is 2. The molecule has 0 aliphatic heterocycles. The molecule has 1 heterocycles. The first-order chi connectivity index (χ1) is 16.5. The Morgan fingerprint density at radius 2 is 2.09 bits per heavy atom. The number of rotatable bonds is 8. The lowest BCUT2D eigenvalue weighted by molar-refractivity contribution is -0.127. The molecule has 1 fully saturated rings. The molecule has 1 amide bonds. The normalized spacial score (nSPS) is 21.5. The predicted molar refractivity (Wildman–Crippen MR) is 128 cm³/mol. The number of nitriles is 1. The third kappa shape index (κ3) is 4.48. The number of ether oxygens (including phenoxy) is 1. The van der Waals surface area contributed by atoms with Crippen LogP contribution in [0.1, 0.15) is 54.5 Å². The van der Waals surface area contributed by atoms with Crippen molar-refractivity contribution >= 4 is 17.8 Å². The second-order valence-electron chi connectivity index (χ2n) is 9.91. The van der Waals surface area contributed by atoms with Gasteiger partial charge in [0, 0.05) is 42.3 Å². The maximum atomic E-state index is 13.5. The van der Waals surface area contributed by atoms with Crippen LogP contribution in [0.4, 0.5) is 0 Å². The predicted octanol–water partition coefficient (Wildman–Crippen LogP) is 3.97. The van der Waals surface area contributed by atoms with Crippen molar-refractivity contribution in [2.75, 3.05) is 7.11 Å². The Morgan fingerprint density at radius 3 is 2.85 bits per heavy atom. The molecule has 5 rings (SSSR count). The van der Waals surface area contributed by atoms with Gasteiger partial charge >= 0.3 is 0 Å². The fourth-order valence-corrected chi connectivity index (χ4v) is 5.25. The number of pyridine rings is 1. The summed E-state index contributed by atoms with van der Waals surface area (Å²) in [4.78, 5) is 31.1. The molecule has 0 saturated heterocycles. The third-order valence-corrected chi connectivity index (χ3v) is 7.44. The molecule has 2 aromatic rings. The zero-order chi connectivity index (χ0) is 23.7. The summed E-state index contributed by atoms with van der Waals surface area (Å²) in [5, 5.41) is 13.1. The number of ketones is 1. The summed E-state index contributed by atoms with van der Waals surface area (Å²) < 4.78 is 5.43. The lowest BCUT2D eigenvalue weighted by Crippen LogP contribution is -2.44. The van der Waals surface area contributed by atoms with E-state index in [0.29, 0.717) is 37.2 Å². The smallest absolute Gasteiger partial charge is 0.248 e. The summed E-state index contributed by atoms with van der Waals surface area (Å²) in [5.74, 6) is 0.956. The third-order valence-electron chi connectivity index (χ3n) is 7.44. The van der Waals surface area contributed by atoms with Crippen LogP contribution >= 0.6 is 0 Å². The summed E-state index contributed by atoms with van der Waals surface area (Å²) >= 11 is 0. The van der Waals surface area contributed by atoms with Crippen molar-refractivity contribution in [2.24, 2.45) is 11.3 Å². The van der Waals surface area contributed by atoms with Crippen LogP contribution in [0.5, 0.6) is 5.75 Å². The molecule has 6 nitrogen and oxygen atoms in total. The van der Waals surface area contributed by atoms with Crippen LogP contribution in [-0.4, -0.2) is 29.8 Å². The van der Waals surface area contributed by atoms with E-state index in [4.69, 9.17) is 4.74 Å². The number of benzene rings is 1. The second-order valence-corrected chi connectivity index (χ2v) is 9.91. The van der Waals surface area contributed by atoms with Gasteiger partial charge in [0.05, 0.1) is 24.6 Å². The average Bonchev–Trinajstić information content (AvgIpc) is 3.57. The number of hydrogen-bond acceptors (Lipinski definition) is 5. The number of Topliss-reactive ketones (excluding diaryl/α,β-unsaturated/α-hetero) is 1. The number of carbonyl (C=O) groups is 2. The van der Waals surface area contributed by atoms with Gasteiger partial charge in [0.15, 0.2) is 5.78 Å². The van der Waals surface area contributed by atoms with E-state index >= 15 is 0 Å². The van der Waals surface area contributed by atoms with Gasteiger partial charge in [-0.15, -0.1) is 0 Å². The minimum atomic E-state index is -0.763. The highest BCUT2D eigenvalue weighted by Crippen LogP contribution is 2.39. The van der Waals surface area contributed by atoms with Crippen LogP contribution in [0, 0.1) is 22.7 Å². The van der Waals surface area contributed by atoms with E-state index in [9.17, 15) is 14.9 Å². The number of hydrogen-bond donors (Lipinski definition) is 1. The van der Waals surface area contributed by atoms with Gasteiger partial charge in [0.1, 0.15) is 5.75 Å². The summed E-state index contributed by atoms with van der Waals surface area (Å²) in [6.45, 7) is 0. The van der Waals surface area contributed by atoms with Gasteiger partial charge in [0.25, 0.3) is 0 Å². The highest BCUT2D eigenvalue weighted by molar-refractivity contribution is 6.03. The lowest BCUT2D eigenvalue weighted by Gasteiger charge is -2.32. The van der Waals surface area contributed by atoms with Crippen LogP contribution in [0.25, 0.3) is 6.08 Å². The Hall–Kier alpha value is -3.46. The number of nitrogens with zero attached hydrogens (tertiary/aromatic N) is 2. The zero-order valence-electron chi connectivity index (χ0n) is 19.5. The molecule has 174 valence electrons. The van der Waals surface area contributed by atoms with Crippen molar-refractivity contribution in [3.8, 4) is 11.8 Å².